The fraction of sp³-hybridized carbons (Fsp3) is 0.529. The highest BCUT2D eigenvalue weighted by atomic mass is 16.2. The van der Waals surface area contributed by atoms with Crippen molar-refractivity contribution in [3.63, 3.8) is 0 Å². The maximum absolute atomic E-state index is 12.0. The van der Waals surface area contributed by atoms with E-state index in [1.54, 1.807) is 7.05 Å². The zero-order valence-electron chi connectivity index (χ0n) is 13.3. The van der Waals surface area contributed by atoms with Gasteiger partial charge in [-0.1, -0.05) is 18.6 Å². The number of anilines is 1. The van der Waals surface area contributed by atoms with Gasteiger partial charge in [-0.25, -0.2) is 4.99 Å². The molecule has 1 fully saturated rings. The molecule has 5 heteroatoms. The molecule has 1 aromatic rings. The Kier molecular flexibility index (Phi) is 4.05. The fourth-order valence-corrected chi connectivity index (χ4v) is 2.90. The van der Waals surface area contributed by atoms with Crippen LogP contribution in [-0.4, -0.2) is 30.4 Å². The number of aryl methyl sites for hydroxylation is 1. The molecule has 0 saturated heterocycles. The minimum Gasteiger partial charge on any atom is -0.385 e. The summed E-state index contributed by atoms with van der Waals surface area (Å²) in [6, 6.07) is 6.08. The van der Waals surface area contributed by atoms with Crippen LogP contribution in [0.15, 0.2) is 23.2 Å². The molecular weight excluding hydrogens is 276 g/mol. The molecule has 1 heterocycles. The number of amides is 1. The Balaban J connectivity index is 1.77. The maximum Gasteiger partial charge on any atom is 0.231 e. The van der Waals surface area contributed by atoms with Crippen LogP contribution in [0.3, 0.4) is 0 Å². The van der Waals surface area contributed by atoms with Gasteiger partial charge in [0.15, 0.2) is 5.96 Å². The molecule has 1 atom stereocenters. The second kappa shape index (κ2) is 5.99. The first-order valence-electron chi connectivity index (χ1n) is 7.99. The minimum absolute atomic E-state index is 0.0158. The zero-order chi connectivity index (χ0) is 15.7. The number of carbonyl (C=O) groups excluding carboxylic acids is 1. The van der Waals surface area contributed by atoms with Crippen LogP contribution in [0.1, 0.15) is 42.9 Å². The lowest BCUT2D eigenvalue weighted by Gasteiger charge is -2.27. The number of nitrogens with zero attached hydrogens (tertiary/aromatic N) is 2. The Hall–Kier alpha value is -2.04. The van der Waals surface area contributed by atoms with Crippen molar-refractivity contribution in [2.45, 2.75) is 38.6 Å². The first-order valence-corrected chi connectivity index (χ1v) is 7.99. The quantitative estimate of drug-likeness (QED) is 0.897. The van der Waals surface area contributed by atoms with Gasteiger partial charge in [-0.2, -0.15) is 0 Å². The smallest absolute Gasteiger partial charge is 0.231 e. The summed E-state index contributed by atoms with van der Waals surface area (Å²) in [7, 11) is 1.66. The first kappa shape index (κ1) is 14.9. The summed E-state index contributed by atoms with van der Waals surface area (Å²) in [6.45, 7) is 3.13. The van der Waals surface area contributed by atoms with E-state index in [9.17, 15) is 4.79 Å². The first-order chi connectivity index (χ1) is 10.5. The van der Waals surface area contributed by atoms with Crippen molar-refractivity contribution in [3.05, 3.63) is 29.3 Å². The van der Waals surface area contributed by atoms with Crippen LogP contribution in [0.5, 0.6) is 0 Å². The van der Waals surface area contributed by atoms with Gasteiger partial charge in [0, 0.05) is 19.3 Å². The summed E-state index contributed by atoms with van der Waals surface area (Å²) >= 11 is 0. The summed E-state index contributed by atoms with van der Waals surface area (Å²) in [5.41, 5.74) is 9.24. The fourth-order valence-electron chi connectivity index (χ4n) is 2.90. The number of rotatable bonds is 4. The second-order valence-corrected chi connectivity index (χ2v) is 6.41. The Morgan fingerprint density at radius 1 is 1.41 bits per heavy atom. The number of carbonyl (C=O) groups is 1. The predicted octanol–water partition coefficient (Wildman–Crippen LogP) is 2.42. The summed E-state index contributed by atoms with van der Waals surface area (Å²) in [6.07, 6.45) is 4.39. The molecule has 0 spiro atoms. The van der Waals surface area contributed by atoms with E-state index >= 15 is 0 Å². The van der Waals surface area contributed by atoms with E-state index in [4.69, 9.17) is 5.73 Å². The molecule has 22 heavy (non-hydrogen) atoms. The van der Waals surface area contributed by atoms with Crippen molar-refractivity contribution >= 4 is 17.6 Å². The summed E-state index contributed by atoms with van der Waals surface area (Å²) in [5.74, 6) is 1.12. The molecule has 1 amide bonds. The zero-order valence-corrected chi connectivity index (χ0v) is 13.3. The molecule has 0 aromatic heterocycles. The maximum atomic E-state index is 12.0. The number of guanidine groups is 1. The van der Waals surface area contributed by atoms with Crippen molar-refractivity contribution in [2.75, 3.05) is 18.9 Å². The van der Waals surface area contributed by atoms with Crippen molar-refractivity contribution < 1.29 is 4.79 Å². The predicted molar refractivity (Wildman–Crippen MR) is 88.8 cm³/mol. The van der Waals surface area contributed by atoms with E-state index in [0.29, 0.717) is 12.4 Å². The van der Waals surface area contributed by atoms with Crippen LogP contribution in [-0.2, 0) is 4.79 Å². The monoisotopic (exact) mass is 300 g/mol. The minimum atomic E-state index is -0.173. The normalized spacial score (nSPS) is 22.3. The van der Waals surface area contributed by atoms with Gasteiger partial charge < -0.3 is 11.1 Å². The number of nitrogens with one attached hydrogen (secondary N) is 1. The molecule has 118 valence electrons. The Labute approximate surface area is 131 Å². The molecule has 0 radical (unpaired) electrons. The molecule has 5 nitrogen and oxygen atoms in total. The average molecular weight is 300 g/mol. The van der Waals surface area contributed by atoms with Crippen LogP contribution < -0.4 is 11.1 Å². The molecule has 1 saturated carbocycles. The lowest BCUT2D eigenvalue weighted by Crippen LogP contribution is -2.42. The number of hydrogen-bond donors (Lipinski definition) is 2. The van der Waals surface area contributed by atoms with Gasteiger partial charge in [0.05, 0.1) is 12.5 Å². The third kappa shape index (κ3) is 2.93. The van der Waals surface area contributed by atoms with Gasteiger partial charge >= 0.3 is 0 Å². The Morgan fingerprint density at radius 2 is 2.18 bits per heavy atom. The highest BCUT2D eigenvalue weighted by molar-refractivity contribution is 5.98. The third-order valence-corrected chi connectivity index (χ3v) is 4.83. The highest BCUT2D eigenvalue weighted by Gasteiger charge is 2.26. The van der Waals surface area contributed by atoms with Gasteiger partial charge in [-0.3, -0.25) is 9.69 Å². The van der Waals surface area contributed by atoms with Crippen molar-refractivity contribution in [2.24, 2.45) is 16.6 Å². The van der Waals surface area contributed by atoms with Crippen molar-refractivity contribution in [1.82, 2.24) is 4.90 Å². The number of aliphatic imine (C=N–C) groups is 1. The van der Waals surface area contributed by atoms with E-state index in [1.165, 1.54) is 29.7 Å². The van der Waals surface area contributed by atoms with Gasteiger partial charge in [0.1, 0.15) is 0 Å². The highest BCUT2D eigenvalue weighted by Crippen LogP contribution is 2.30. The topological polar surface area (TPSA) is 70.7 Å². The van der Waals surface area contributed by atoms with Gasteiger partial charge in [0.25, 0.3) is 0 Å². The van der Waals surface area contributed by atoms with Gasteiger partial charge in [-0.15, -0.1) is 0 Å². The molecular formula is C17H24N4O. The SMILES string of the molecule is Cc1ccc(C2CC(=O)N(C)C(N)=N2)cc1NCC1CCC1. The molecule has 1 aliphatic heterocycles. The van der Waals surface area contributed by atoms with Gasteiger partial charge in [0.2, 0.25) is 5.91 Å². The number of hydrogen-bond acceptors (Lipinski definition) is 4. The molecule has 2 aliphatic rings. The molecule has 1 aromatic carbocycles. The van der Waals surface area contributed by atoms with Crippen LogP contribution in [0.4, 0.5) is 5.69 Å². The Bertz CT molecular complexity index is 607. The molecule has 1 unspecified atom stereocenters. The van der Waals surface area contributed by atoms with Crippen molar-refractivity contribution in [3.8, 4) is 0 Å². The number of nitrogens with two attached hydrogens (primary N) is 1. The van der Waals surface area contributed by atoms with E-state index in [2.05, 4.69) is 29.4 Å². The lowest BCUT2D eigenvalue weighted by molar-refractivity contribution is -0.127. The largest absolute Gasteiger partial charge is 0.385 e. The summed E-state index contributed by atoms with van der Waals surface area (Å²) < 4.78 is 0. The number of benzene rings is 1. The molecule has 1 aliphatic carbocycles. The summed E-state index contributed by atoms with van der Waals surface area (Å²) in [5, 5.41) is 3.55. The van der Waals surface area contributed by atoms with Crippen LogP contribution in [0, 0.1) is 12.8 Å². The van der Waals surface area contributed by atoms with Crippen LogP contribution in [0.25, 0.3) is 0 Å². The van der Waals surface area contributed by atoms with E-state index in [-0.39, 0.29) is 11.9 Å². The standard InChI is InChI=1S/C17H24N4O/c1-11-6-7-13(8-14(11)19-10-12-4-3-5-12)15-9-16(22)21(2)17(18)20-15/h6-8,12,15,19H,3-5,9-10H2,1-2H3,(H2,18,20). The van der Waals surface area contributed by atoms with E-state index in [0.717, 1.165) is 23.7 Å². The second-order valence-electron chi connectivity index (χ2n) is 6.41. The summed E-state index contributed by atoms with van der Waals surface area (Å²) in [4.78, 5) is 17.8. The molecule has 3 N–H and O–H groups in total. The van der Waals surface area contributed by atoms with E-state index in [1.807, 2.05) is 6.07 Å². The third-order valence-electron chi connectivity index (χ3n) is 4.83. The lowest BCUT2D eigenvalue weighted by atomic mass is 9.85. The van der Waals surface area contributed by atoms with Gasteiger partial charge in [-0.05, 0) is 42.9 Å². The Morgan fingerprint density at radius 3 is 2.82 bits per heavy atom. The van der Waals surface area contributed by atoms with Crippen LogP contribution >= 0.6 is 0 Å². The van der Waals surface area contributed by atoms with Crippen LogP contribution in [0.2, 0.25) is 0 Å². The van der Waals surface area contributed by atoms with Crippen molar-refractivity contribution in [1.29, 1.82) is 0 Å². The molecule has 3 rings (SSSR count). The average Bonchev–Trinajstić information content (AvgIpc) is 2.44. The van der Waals surface area contributed by atoms with E-state index < -0.39 is 0 Å². The molecule has 0 bridgehead atoms.